The van der Waals surface area contributed by atoms with Crippen molar-refractivity contribution in [1.29, 1.82) is 0 Å². The van der Waals surface area contributed by atoms with Crippen molar-refractivity contribution in [1.82, 2.24) is 5.32 Å². The quantitative estimate of drug-likeness (QED) is 0.727. The Balaban J connectivity index is 1.89. The van der Waals surface area contributed by atoms with Gasteiger partial charge < -0.3 is 15.7 Å². The summed E-state index contributed by atoms with van der Waals surface area (Å²) in [6.07, 6.45) is 4.03. The summed E-state index contributed by atoms with van der Waals surface area (Å²) in [5.41, 5.74) is 2.16. The molecule has 1 aromatic carbocycles. The summed E-state index contributed by atoms with van der Waals surface area (Å²) < 4.78 is 0. The number of rotatable bonds is 5. The number of nitrogens with one attached hydrogen (secondary N) is 2. The van der Waals surface area contributed by atoms with Crippen molar-refractivity contribution < 1.29 is 14.7 Å². The molecule has 0 radical (unpaired) electrons. The number of aryl methyl sites for hydroxylation is 2. The number of fused-ring (bicyclic) bond motifs is 1. The first kappa shape index (κ1) is 17.5. The van der Waals surface area contributed by atoms with E-state index in [0.717, 1.165) is 25.7 Å². The van der Waals surface area contributed by atoms with Crippen LogP contribution in [0.4, 0.5) is 5.69 Å². The first-order valence-electron chi connectivity index (χ1n) is 8.27. The average molecular weight is 318 g/mol. The number of hydrogen-bond donors (Lipinski definition) is 3. The van der Waals surface area contributed by atoms with Crippen LogP contribution in [0.3, 0.4) is 0 Å². The molecular formula is C18H26N2O3. The van der Waals surface area contributed by atoms with Crippen LogP contribution in [0.25, 0.3) is 0 Å². The third kappa shape index (κ3) is 4.32. The minimum Gasteiger partial charge on any atom is -0.388 e. The molecule has 3 N–H and O–H groups in total. The summed E-state index contributed by atoms with van der Waals surface area (Å²) in [5.74, 6) is -1.40. The van der Waals surface area contributed by atoms with E-state index in [1.54, 1.807) is 6.92 Å². The van der Waals surface area contributed by atoms with Crippen LogP contribution in [0.2, 0.25) is 0 Å². The molecule has 5 nitrogen and oxygen atoms in total. The van der Waals surface area contributed by atoms with Gasteiger partial charge in [0, 0.05) is 12.2 Å². The van der Waals surface area contributed by atoms with Crippen molar-refractivity contribution in [3.8, 4) is 0 Å². The van der Waals surface area contributed by atoms with E-state index < -0.39 is 17.4 Å². The Bertz CT molecular complexity index is 596. The van der Waals surface area contributed by atoms with E-state index in [9.17, 15) is 14.7 Å². The highest BCUT2D eigenvalue weighted by atomic mass is 16.3. The molecular weight excluding hydrogens is 292 g/mol. The lowest BCUT2D eigenvalue weighted by Gasteiger charge is -2.29. The van der Waals surface area contributed by atoms with E-state index >= 15 is 0 Å². The number of carbonyl (C=O) groups excluding carboxylic acids is 2. The third-order valence-corrected chi connectivity index (χ3v) is 4.84. The van der Waals surface area contributed by atoms with Gasteiger partial charge in [0.2, 0.25) is 0 Å². The van der Waals surface area contributed by atoms with E-state index in [0.29, 0.717) is 5.69 Å². The van der Waals surface area contributed by atoms with Crippen molar-refractivity contribution in [2.75, 3.05) is 11.9 Å². The molecule has 0 aromatic heterocycles. The zero-order valence-electron chi connectivity index (χ0n) is 14.1. The van der Waals surface area contributed by atoms with E-state index in [4.69, 9.17) is 0 Å². The van der Waals surface area contributed by atoms with Gasteiger partial charge >= 0.3 is 11.8 Å². The molecule has 23 heavy (non-hydrogen) atoms. The van der Waals surface area contributed by atoms with Crippen LogP contribution in [-0.2, 0) is 22.4 Å². The smallest absolute Gasteiger partial charge is 0.313 e. The van der Waals surface area contributed by atoms with Gasteiger partial charge in [0.25, 0.3) is 0 Å². The maximum atomic E-state index is 12.0. The van der Waals surface area contributed by atoms with Gasteiger partial charge in [-0.3, -0.25) is 9.59 Å². The number of aliphatic hydroxyl groups is 1. The predicted octanol–water partition coefficient (Wildman–Crippen LogP) is 2.03. The molecule has 1 aromatic rings. The third-order valence-electron chi connectivity index (χ3n) is 4.84. The highest BCUT2D eigenvalue weighted by Crippen LogP contribution is 2.24. The molecule has 2 atom stereocenters. The van der Waals surface area contributed by atoms with E-state index in [-0.39, 0.29) is 12.5 Å². The average Bonchev–Trinajstić information content (AvgIpc) is 2.99. The van der Waals surface area contributed by atoms with Gasteiger partial charge in [0.1, 0.15) is 0 Å². The Hall–Kier alpha value is -1.88. The minimum absolute atomic E-state index is 0.0302. The zero-order valence-corrected chi connectivity index (χ0v) is 14.1. The topological polar surface area (TPSA) is 78.4 Å². The fraction of sp³-hybridized carbons (Fsp3) is 0.556. The standard InChI is InChI=1S/C18H26N2O3/c1-4-12(2)18(3,23)11-19-16(21)17(22)20-15-9-8-13-6-5-7-14(13)10-15/h8-10,12,23H,4-7,11H2,1-3H3,(H,19,21)(H,20,22)/t12-,18-/m1/s1. The van der Waals surface area contributed by atoms with Crippen LogP contribution < -0.4 is 10.6 Å². The van der Waals surface area contributed by atoms with Crippen molar-refractivity contribution in [2.45, 2.75) is 52.1 Å². The fourth-order valence-corrected chi connectivity index (χ4v) is 2.79. The summed E-state index contributed by atoms with van der Waals surface area (Å²) in [7, 11) is 0. The molecule has 0 saturated heterocycles. The summed E-state index contributed by atoms with van der Waals surface area (Å²) >= 11 is 0. The van der Waals surface area contributed by atoms with Gasteiger partial charge in [-0.1, -0.05) is 26.3 Å². The molecule has 2 amide bonds. The second kappa shape index (κ2) is 7.13. The van der Waals surface area contributed by atoms with Crippen molar-refractivity contribution in [3.63, 3.8) is 0 Å². The highest BCUT2D eigenvalue weighted by Gasteiger charge is 2.28. The van der Waals surface area contributed by atoms with Crippen molar-refractivity contribution >= 4 is 17.5 Å². The lowest BCUT2D eigenvalue weighted by molar-refractivity contribution is -0.137. The Morgan fingerprint density at radius 1 is 1.26 bits per heavy atom. The molecule has 0 unspecified atom stereocenters. The number of hydrogen-bond acceptors (Lipinski definition) is 3. The first-order chi connectivity index (χ1) is 10.8. The summed E-state index contributed by atoms with van der Waals surface area (Å²) in [6.45, 7) is 5.61. The van der Waals surface area contributed by atoms with Crippen LogP contribution in [0.1, 0.15) is 44.7 Å². The SMILES string of the molecule is CC[C@@H](C)[C@](C)(O)CNC(=O)C(=O)Nc1ccc2c(c1)CCC2. The van der Waals surface area contributed by atoms with Crippen LogP contribution in [0.5, 0.6) is 0 Å². The first-order valence-corrected chi connectivity index (χ1v) is 8.27. The van der Waals surface area contributed by atoms with E-state index in [1.165, 1.54) is 11.1 Å². The molecule has 0 spiro atoms. The second-order valence-corrected chi connectivity index (χ2v) is 6.64. The minimum atomic E-state index is -1.03. The summed E-state index contributed by atoms with van der Waals surface area (Å²) in [6, 6.07) is 5.76. The molecule has 0 saturated carbocycles. The number of anilines is 1. The highest BCUT2D eigenvalue weighted by molar-refractivity contribution is 6.39. The van der Waals surface area contributed by atoms with E-state index in [1.807, 2.05) is 32.0 Å². The maximum absolute atomic E-state index is 12.0. The lowest BCUT2D eigenvalue weighted by atomic mass is 9.89. The number of benzene rings is 1. The Kier molecular flexibility index (Phi) is 5.42. The molecule has 0 bridgehead atoms. The molecule has 0 fully saturated rings. The number of amides is 2. The molecule has 0 aliphatic heterocycles. The zero-order chi connectivity index (χ0) is 17.0. The van der Waals surface area contributed by atoms with Gasteiger partial charge in [0.05, 0.1) is 5.60 Å². The lowest BCUT2D eigenvalue weighted by Crippen LogP contribution is -2.47. The summed E-state index contributed by atoms with van der Waals surface area (Å²) in [5, 5.41) is 15.4. The maximum Gasteiger partial charge on any atom is 0.313 e. The molecule has 5 heteroatoms. The molecule has 0 heterocycles. The van der Waals surface area contributed by atoms with Gasteiger partial charge in [0.15, 0.2) is 0 Å². The van der Waals surface area contributed by atoms with E-state index in [2.05, 4.69) is 10.6 Å². The number of carbonyl (C=O) groups is 2. The van der Waals surface area contributed by atoms with Gasteiger partial charge in [-0.15, -0.1) is 0 Å². The molecule has 2 rings (SSSR count). The normalized spacial score (nSPS) is 17.0. The summed E-state index contributed by atoms with van der Waals surface area (Å²) in [4.78, 5) is 23.9. The van der Waals surface area contributed by atoms with Gasteiger partial charge in [-0.05, 0) is 55.4 Å². The van der Waals surface area contributed by atoms with Gasteiger partial charge in [-0.25, -0.2) is 0 Å². The van der Waals surface area contributed by atoms with Crippen LogP contribution in [0, 0.1) is 5.92 Å². The van der Waals surface area contributed by atoms with Crippen LogP contribution in [-0.4, -0.2) is 29.1 Å². The fourth-order valence-electron chi connectivity index (χ4n) is 2.79. The Morgan fingerprint density at radius 3 is 2.65 bits per heavy atom. The van der Waals surface area contributed by atoms with Gasteiger partial charge in [-0.2, -0.15) is 0 Å². The van der Waals surface area contributed by atoms with Crippen LogP contribution >= 0.6 is 0 Å². The van der Waals surface area contributed by atoms with Crippen molar-refractivity contribution in [3.05, 3.63) is 29.3 Å². The predicted molar refractivity (Wildman–Crippen MR) is 90.2 cm³/mol. The van der Waals surface area contributed by atoms with Crippen LogP contribution in [0.15, 0.2) is 18.2 Å². The molecule has 1 aliphatic carbocycles. The Labute approximate surface area is 137 Å². The largest absolute Gasteiger partial charge is 0.388 e. The molecule has 126 valence electrons. The monoisotopic (exact) mass is 318 g/mol. The second-order valence-electron chi connectivity index (χ2n) is 6.64. The Morgan fingerprint density at radius 2 is 1.96 bits per heavy atom. The molecule has 1 aliphatic rings. The van der Waals surface area contributed by atoms with Crippen molar-refractivity contribution in [2.24, 2.45) is 5.92 Å².